The van der Waals surface area contributed by atoms with Crippen LogP contribution in [0, 0.1) is 11.6 Å². The highest BCUT2D eigenvalue weighted by Gasteiger charge is 2.25. The Morgan fingerprint density at radius 3 is 2.55 bits per heavy atom. The first-order valence-corrected chi connectivity index (χ1v) is 10.8. The second-order valence-corrected chi connectivity index (χ2v) is 8.17. The Morgan fingerprint density at radius 1 is 1.09 bits per heavy atom. The molecular formula is C24H21ClF2N4O2. The summed E-state index contributed by atoms with van der Waals surface area (Å²) in [5, 5.41) is 5.41. The Balaban J connectivity index is 1.53. The van der Waals surface area contributed by atoms with Gasteiger partial charge >= 0.3 is 0 Å². The lowest BCUT2D eigenvalue weighted by Crippen LogP contribution is -2.25. The number of pyridine rings is 1. The summed E-state index contributed by atoms with van der Waals surface area (Å²) >= 11 is 5.76. The molecule has 1 heterocycles. The molecule has 33 heavy (non-hydrogen) atoms. The molecule has 1 aliphatic rings. The molecule has 9 heteroatoms. The van der Waals surface area contributed by atoms with Gasteiger partial charge in [0, 0.05) is 47.6 Å². The molecule has 1 saturated carbocycles. The van der Waals surface area contributed by atoms with Crippen LogP contribution in [0.4, 0.5) is 8.78 Å². The maximum absolute atomic E-state index is 14.6. The van der Waals surface area contributed by atoms with Gasteiger partial charge in [0.2, 0.25) is 0 Å². The fourth-order valence-electron chi connectivity index (χ4n) is 3.35. The summed E-state index contributed by atoms with van der Waals surface area (Å²) in [6.45, 7) is -0.130. The van der Waals surface area contributed by atoms with Crippen LogP contribution in [0.3, 0.4) is 0 Å². The van der Waals surface area contributed by atoms with Gasteiger partial charge in [0.25, 0.3) is 11.8 Å². The van der Waals surface area contributed by atoms with E-state index < -0.39 is 17.5 Å². The van der Waals surface area contributed by atoms with E-state index in [-0.39, 0.29) is 52.3 Å². The van der Waals surface area contributed by atoms with E-state index >= 15 is 0 Å². The minimum atomic E-state index is -0.594. The first kappa shape index (κ1) is 22.8. The fourth-order valence-corrected chi connectivity index (χ4v) is 3.54. The van der Waals surface area contributed by atoms with Gasteiger partial charge in [-0.15, -0.1) is 0 Å². The molecule has 170 valence electrons. The van der Waals surface area contributed by atoms with Crippen molar-refractivity contribution in [3.63, 3.8) is 0 Å². The quantitative estimate of drug-likeness (QED) is 0.487. The first-order chi connectivity index (χ1) is 15.9. The topological polar surface area (TPSA) is 97.1 Å². The summed E-state index contributed by atoms with van der Waals surface area (Å²) in [7, 11) is 0. The molecule has 0 bridgehead atoms. The van der Waals surface area contributed by atoms with Crippen molar-refractivity contribution in [3.8, 4) is 11.3 Å². The molecule has 2 aromatic carbocycles. The lowest BCUT2D eigenvalue weighted by Gasteiger charge is -2.12. The monoisotopic (exact) mass is 470 g/mol. The molecule has 1 fully saturated rings. The molecule has 0 aliphatic heterocycles. The van der Waals surface area contributed by atoms with Crippen molar-refractivity contribution >= 4 is 23.4 Å². The molecule has 1 aromatic heterocycles. The van der Waals surface area contributed by atoms with Crippen LogP contribution in [0.25, 0.3) is 11.3 Å². The predicted octanol–water partition coefficient (Wildman–Crippen LogP) is 3.96. The minimum absolute atomic E-state index is 0.0243. The van der Waals surface area contributed by atoms with Gasteiger partial charge in [-0.2, -0.15) is 0 Å². The van der Waals surface area contributed by atoms with Gasteiger partial charge in [-0.25, -0.2) is 8.78 Å². The normalized spacial score (nSPS) is 13.0. The Bertz CT molecular complexity index is 1210. The second-order valence-electron chi connectivity index (χ2n) is 7.76. The van der Waals surface area contributed by atoms with Crippen LogP contribution < -0.4 is 16.4 Å². The zero-order valence-electron chi connectivity index (χ0n) is 17.5. The number of amides is 2. The maximum atomic E-state index is 14.6. The highest BCUT2D eigenvalue weighted by molar-refractivity contribution is 6.30. The highest BCUT2D eigenvalue weighted by Crippen LogP contribution is 2.27. The largest absolute Gasteiger partial charge is 0.349 e. The summed E-state index contributed by atoms with van der Waals surface area (Å²) in [6.07, 6.45) is 3.15. The van der Waals surface area contributed by atoms with Crippen molar-refractivity contribution in [2.24, 2.45) is 5.73 Å². The number of hydrogen-bond acceptors (Lipinski definition) is 4. The summed E-state index contributed by atoms with van der Waals surface area (Å²) in [6, 6.07) is 10.5. The molecule has 0 saturated heterocycles. The van der Waals surface area contributed by atoms with Gasteiger partial charge in [-0.3, -0.25) is 14.6 Å². The number of nitrogens with zero attached hydrogens (tertiary/aromatic N) is 1. The van der Waals surface area contributed by atoms with Crippen LogP contribution in [-0.2, 0) is 13.1 Å². The molecular weight excluding hydrogens is 450 g/mol. The van der Waals surface area contributed by atoms with Gasteiger partial charge in [0.05, 0.1) is 16.3 Å². The SMILES string of the molecule is NCc1c(F)cc(C(=O)NC2CC2)cc1-c1ccc(C(=O)NCc2cccc(Cl)c2F)cn1. The summed E-state index contributed by atoms with van der Waals surface area (Å²) in [5.41, 5.74) is 7.37. The van der Waals surface area contributed by atoms with Gasteiger partial charge in [-0.05, 0) is 43.2 Å². The zero-order valence-corrected chi connectivity index (χ0v) is 18.3. The van der Waals surface area contributed by atoms with Crippen LogP contribution in [0.15, 0.2) is 48.7 Å². The van der Waals surface area contributed by atoms with Crippen molar-refractivity contribution in [1.29, 1.82) is 0 Å². The minimum Gasteiger partial charge on any atom is -0.349 e. The van der Waals surface area contributed by atoms with Crippen LogP contribution in [0.2, 0.25) is 5.02 Å². The van der Waals surface area contributed by atoms with E-state index in [9.17, 15) is 18.4 Å². The molecule has 0 spiro atoms. The number of hydrogen-bond donors (Lipinski definition) is 3. The number of halogens is 3. The summed E-state index contributed by atoms with van der Waals surface area (Å²) in [5.74, 6) is -2.00. The van der Waals surface area contributed by atoms with E-state index in [0.717, 1.165) is 12.8 Å². The molecule has 0 atom stereocenters. The third-order valence-electron chi connectivity index (χ3n) is 5.35. The Kier molecular flexibility index (Phi) is 6.67. The molecule has 1 aliphatic carbocycles. The fraction of sp³-hybridized carbons (Fsp3) is 0.208. The third-order valence-corrected chi connectivity index (χ3v) is 5.64. The summed E-state index contributed by atoms with van der Waals surface area (Å²) < 4.78 is 28.6. The van der Waals surface area contributed by atoms with Gasteiger partial charge in [0.15, 0.2) is 0 Å². The standard InChI is InChI=1S/C24H21ClF2N4O2/c25-19-3-1-2-13(22(19)27)11-30-23(32)14-4-7-21(29-12-14)17-8-15(9-20(26)18(17)10-28)24(33)31-16-5-6-16/h1-4,7-9,12,16H,5-6,10-11,28H2,(H,30,32)(H,31,33). The number of rotatable bonds is 7. The maximum Gasteiger partial charge on any atom is 0.253 e. The summed E-state index contributed by atoms with van der Waals surface area (Å²) in [4.78, 5) is 29.1. The number of benzene rings is 2. The molecule has 6 nitrogen and oxygen atoms in total. The first-order valence-electron chi connectivity index (χ1n) is 10.4. The van der Waals surface area contributed by atoms with Crippen LogP contribution in [-0.4, -0.2) is 22.8 Å². The third kappa shape index (κ3) is 5.18. The molecule has 3 aromatic rings. The average Bonchev–Trinajstić information content (AvgIpc) is 3.63. The smallest absolute Gasteiger partial charge is 0.253 e. The van der Waals surface area contributed by atoms with E-state index in [1.54, 1.807) is 18.2 Å². The van der Waals surface area contributed by atoms with Crippen LogP contribution in [0.1, 0.15) is 44.7 Å². The van der Waals surface area contributed by atoms with Crippen molar-refractivity contribution in [2.75, 3.05) is 0 Å². The highest BCUT2D eigenvalue weighted by atomic mass is 35.5. The van der Waals surface area contributed by atoms with Crippen LogP contribution >= 0.6 is 11.6 Å². The Morgan fingerprint density at radius 2 is 1.88 bits per heavy atom. The van der Waals surface area contributed by atoms with Crippen LogP contribution in [0.5, 0.6) is 0 Å². The second kappa shape index (κ2) is 9.64. The number of carbonyl (C=O) groups excluding carboxylic acids is 2. The van der Waals surface area contributed by atoms with E-state index in [1.165, 1.54) is 30.5 Å². The molecule has 4 N–H and O–H groups in total. The molecule has 0 radical (unpaired) electrons. The lowest BCUT2D eigenvalue weighted by molar-refractivity contribution is 0.0942. The zero-order chi connectivity index (χ0) is 23.5. The molecule has 0 unspecified atom stereocenters. The van der Waals surface area contributed by atoms with E-state index in [2.05, 4.69) is 15.6 Å². The van der Waals surface area contributed by atoms with Crippen molar-refractivity contribution < 1.29 is 18.4 Å². The number of aromatic nitrogens is 1. The number of nitrogens with one attached hydrogen (secondary N) is 2. The Hall–Kier alpha value is -3.36. The Labute approximate surface area is 194 Å². The van der Waals surface area contributed by atoms with E-state index in [4.69, 9.17) is 17.3 Å². The van der Waals surface area contributed by atoms with E-state index in [1.807, 2.05) is 0 Å². The van der Waals surface area contributed by atoms with Gasteiger partial charge in [-0.1, -0.05) is 23.7 Å². The lowest BCUT2D eigenvalue weighted by atomic mass is 9.99. The number of carbonyl (C=O) groups is 2. The van der Waals surface area contributed by atoms with Gasteiger partial charge in [0.1, 0.15) is 11.6 Å². The van der Waals surface area contributed by atoms with Gasteiger partial charge < -0.3 is 16.4 Å². The van der Waals surface area contributed by atoms with Crippen molar-refractivity contribution in [1.82, 2.24) is 15.6 Å². The predicted molar refractivity (Wildman–Crippen MR) is 121 cm³/mol. The van der Waals surface area contributed by atoms with E-state index in [0.29, 0.717) is 11.3 Å². The average molecular weight is 471 g/mol. The van der Waals surface area contributed by atoms with Crippen molar-refractivity contribution in [2.45, 2.75) is 32.0 Å². The molecule has 4 rings (SSSR count). The van der Waals surface area contributed by atoms with Crippen molar-refractivity contribution in [3.05, 3.63) is 87.6 Å². The number of nitrogens with two attached hydrogens (primary N) is 1. The molecule has 2 amide bonds.